The van der Waals surface area contributed by atoms with E-state index in [4.69, 9.17) is 16.5 Å². The molecule has 1 saturated heterocycles. The van der Waals surface area contributed by atoms with E-state index in [0.717, 1.165) is 33.1 Å². The van der Waals surface area contributed by atoms with Crippen LogP contribution in [0.1, 0.15) is 29.7 Å². The molecule has 3 aromatic rings. The Bertz CT molecular complexity index is 1280. The number of β-lactam (4-membered cyclic amide) rings is 1. The van der Waals surface area contributed by atoms with E-state index in [-0.39, 0.29) is 17.8 Å². The quantitative estimate of drug-likeness (QED) is 0.460. The number of hydrogen-bond acceptors (Lipinski definition) is 6. The van der Waals surface area contributed by atoms with Gasteiger partial charge in [-0.05, 0) is 54.4 Å². The number of aliphatic imine (C=N–C) groups is 1. The molecular weight excluding hydrogens is 434 g/mol. The lowest BCUT2D eigenvalue weighted by Gasteiger charge is -2.40. The minimum Gasteiger partial charge on any atom is -0.399 e. The smallest absolute Gasteiger partial charge is 0.239 e. The second-order valence-corrected chi connectivity index (χ2v) is 9.71. The summed E-state index contributed by atoms with van der Waals surface area (Å²) in [6.45, 7) is 2.68. The van der Waals surface area contributed by atoms with Crippen molar-refractivity contribution in [1.82, 2.24) is 4.90 Å². The molecule has 2 aliphatic rings. The number of carbonyl (C=O) groups is 2. The molecule has 33 heavy (non-hydrogen) atoms. The number of guanidine groups is 1. The van der Waals surface area contributed by atoms with Crippen LogP contribution >= 0.6 is 11.3 Å². The van der Waals surface area contributed by atoms with Gasteiger partial charge >= 0.3 is 0 Å². The summed E-state index contributed by atoms with van der Waals surface area (Å²) in [5, 5.41) is 0. The van der Waals surface area contributed by atoms with E-state index in [1.165, 1.54) is 4.90 Å². The molecule has 168 valence electrons. The highest BCUT2D eigenvalue weighted by Gasteiger charge is 2.48. The summed E-state index contributed by atoms with van der Waals surface area (Å²) < 4.78 is 0. The van der Waals surface area contributed by atoms with Crippen molar-refractivity contribution in [2.75, 3.05) is 24.2 Å². The van der Waals surface area contributed by atoms with E-state index in [2.05, 4.69) is 0 Å². The number of hydrogen-bond donors (Lipinski definition) is 2. The number of nitrogen functional groups attached to an aromatic ring is 1. The number of amides is 2. The van der Waals surface area contributed by atoms with Crippen LogP contribution in [0, 0.1) is 0 Å². The maximum Gasteiger partial charge on any atom is 0.239 e. The van der Waals surface area contributed by atoms with E-state index >= 15 is 0 Å². The Morgan fingerprint density at radius 2 is 1.82 bits per heavy atom. The van der Waals surface area contributed by atoms with Crippen LogP contribution in [-0.2, 0) is 15.1 Å². The zero-order chi connectivity index (χ0) is 23.3. The fraction of sp³-hybridized carbons (Fsp3) is 0.240. The third kappa shape index (κ3) is 3.47. The molecule has 2 aromatic carbocycles. The number of carbonyl (C=O) groups excluding carboxylic acids is 2. The Hall–Kier alpha value is -3.65. The molecule has 7 nitrogen and oxygen atoms in total. The highest BCUT2D eigenvalue weighted by atomic mass is 32.1. The summed E-state index contributed by atoms with van der Waals surface area (Å²) in [5.74, 6) is -0.355. The number of likely N-dealkylation sites (N-methyl/N-ethyl adjacent to an activating group) is 1. The van der Waals surface area contributed by atoms with Crippen molar-refractivity contribution >= 4 is 40.5 Å². The fourth-order valence-electron chi connectivity index (χ4n) is 4.48. The monoisotopic (exact) mass is 459 g/mol. The summed E-state index contributed by atoms with van der Waals surface area (Å²) in [4.78, 5) is 35.2. The van der Waals surface area contributed by atoms with E-state index < -0.39 is 11.5 Å². The summed E-state index contributed by atoms with van der Waals surface area (Å²) in [6.07, 6.45) is 0.577. The van der Waals surface area contributed by atoms with Crippen LogP contribution in [-0.4, -0.2) is 36.3 Å². The van der Waals surface area contributed by atoms with Crippen molar-refractivity contribution in [3.05, 3.63) is 71.1 Å². The second kappa shape index (κ2) is 7.74. The molecule has 5 rings (SSSR count). The Morgan fingerprint density at radius 3 is 2.45 bits per heavy atom. The molecule has 2 unspecified atom stereocenters. The topological polar surface area (TPSA) is 105 Å². The van der Waals surface area contributed by atoms with Gasteiger partial charge in [0.1, 0.15) is 5.54 Å². The van der Waals surface area contributed by atoms with E-state index in [1.54, 1.807) is 23.3 Å². The zero-order valence-electron chi connectivity index (χ0n) is 18.5. The van der Waals surface area contributed by atoms with Gasteiger partial charge < -0.3 is 16.4 Å². The molecule has 0 saturated carbocycles. The Balaban J connectivity index is 1.56. The van der Waals surface area contributed by atoms with Crippen LogP contribution in [0.5, 0.6) is 0 Å². The lowest BCUT2D eigenvalue weighted by atomic mass is 9.77. The van der Waals surface area contributed by atoms with Crippen molar-refractivity contribution in [2.45, 2.75) is 24.8 Å². The summed E-state index contributed by atoms with van der Waals surface area (Å²) in [7, 11) is 1.65. The van der Waals surface area contributed by atoms with Gasteiger partial charge in [0.25, 0.3) is 0 Å². The van der Waals surface area contributed by atoms with Gasteiger partial charge in [0, 0.05) is 41.1 Å². The largest absolute Gasteiger partial charge is 0.399 e. The molecule has 0 aliphatic carbocycles. The van der Waals surface area contributed by atoms with Crippen LogP contribution in [0.25, 0.3) is 10.4 Å². The van der Waals surface area contributed by atoms with E-state index in [9.17, 15) is 9.59 Å². The maximum atomic E-state index is 13.5. The predicted molar refractivity (Wildman–Crippen MR) is 132 cm³/mol. The predicted octanol–water partition coefficient (Wildman–Crippen LogP) is 3.52. The normalized spacial score (nSPS) is 22.8. The van der Waals surface area contributed by atoms with Crippen molar-refractivity contribution in [3.8, 4) is 10.4 Å². The minimum atomic E-state index is -0.870. The Morgan fingerprint density at radius 1 is 1.06 bits per heavy atom. The standard InChI is InChI=1S/C25H25N5O2S/c1-25(20-11-10-19(33-20)16-4-3-5-17(26)14-16)22(23(32)29(2)24(27)28-25)15-6-8-18(9-7-15)30-13-12-21(30)31/h3-11,14,22H,12-13,26H2,1-2H3,(H2,27,28). The third-order valence-electron chi connectivity index (χ3n) is 6.49. The molecule has 4 N–H and O–H groups in total. The average Bonchev–Trinajstić information content (AvgIpc) is 3.29. The first-order chi connectivity index (χ1) is 15.8. The highest BCUT2D eigenvalue weighted by molar-refractivity contribution is 7.15. The average molecular weight is 460 g/mol. The fourth-order valence-corrected chi connectivity index (χ4v) is 5.60. The zero-order valence-corrected chi connectivity index (χ0v) is 19.3. The first kappa shape index (κ1) is 21.2. The molecule has 0 spiro atoms. The lowest BCUT2D eigenvalue weighted by molar-refractivity contribution is -0.130. The SMILES string of the molecule is CN1C(=O)C(c2ccc(N3CCC3=O)cc2)C(C)(c2ccc(-c3cccc(N)c3)s2)N=C1N. The van der Waals surface area contributed by atoms with Gasteiger partial charge in [0.05, 0.1) is 5.92 Å². The van der Waals surface area contributed by atoms with Crippen LogP contribution in [0.15, 0.2) is 65.7 Å². The molecule has 1 aromatic heterocycles. The molecule has 8 heteroatoms. The summed E-state index contributed by atoms with van der Waals surface area (Å²) in [6, 6.07) is 19.4. The molecule has 1 fully saturated rings. The number of nitrogens with zero attached hydrogens (tertiary/aromatic N) is 3. The molecule has 0 bridgehead atoms. The highest BCUT2D eigenvalue weighted by Crippen LogP contribution is 2.47. The molecular formula is C25H25N5O2S. The van der Waals surface area contributed by atoms with Gasteiger partial charge in [-0.2, -0.15) is 0 Å². The number of anilines is 2. The van der Waals surface area contributed by atoms with Crippen LogP contribution in [0.4, 0.5) is 11.4 Å². The first-order valence-corrected chi connectivity index (χ1v) is 11.6. The van der Waals surface area contributed by atoms with Gasteiger partial charge in [0.15, 0.2) is 5.96 Å². The molecule has 2 aliphatic heterocycles. The first-order valence-electron chi connectivity index (χ1n) is 10.8. The number of nitrogens with two attached hydrogens (primary N) is 2. The molecule has 3 heterocycles. The van der Waals surface area contributed by atoms with Crippen molar-refractivity contribution in [1.29, 1.82) is 0 Å². The van der Waals surface area contributed by atoms with Crippen LogP contribution in [0.2, 0.25) is 0 Å². The lowest BCUT2D eigenvalue weighted by Crippen LogP contribution is -2.52. The third-order valence-corrected chi connectivity index (χ3v) is 7.86. The molecule has 0 radical (unpaired) electrons. The van der Waals surface area contributed by atoms with Gasteiger partial charge in [-0.3, -0.25) is 14.5 Å². The van der Waals surface area contributed by atoms with Gasteiger partial charge in [-0.25, -0.2) is 4.99 Å². The van der Waals surface area contributed by atoms with Gasteiger partial charge in [0.2, 0.25) is 11.8 Å². The number of benzene rings is 2. The van der Waals surface area contributed by atoms with Crippen molar-refractivity contribution < 1.29 is 9.59 Å². The van der Waals surface area contributed by atoms with Crippen LogP contribution < -0.4 is 16.4 Å². The van der Waals surface area contributed by atoms with Gasteiger partial charge in [-0.15, -0.1) is 11.3 Å². The minimum absolute atomic E-state index is 0.114. The second-order valence-electron chi connectivity index (χ2n) is 8.62. The molecule has 2 amide bonds. The number of rotatable bonds is 4. The van der Waals surface area contributed by atoms with Gasteiger partial charge in [-0.1, -0.05) is 24.3 Å². The summed E-state index contributed by atoms with van der Waals surface area (Å²) >= 11 is 1.58. The Kier molecular flexibility index (Phi) is 4.97. The van der Waals surface area contributed by atoms with E-state index in [0.29, 0.717) is 12.1 Å². The summed E-state index contributed by atoms with van der Waals surface area (Å²) in [5.41, 5.74) is 14.7. The molecule has 2 atom stereocenters. The Labute approximate surface area is 196 Å². The maximum absolute atomic E-state index is 13.5. The van der Waals surface area contributed by atoms with Crippen molar-refractivity contribution in [3.63, 3.8) is 0 Å². The van der Waals surface area contributed by atoms with Crippen LogP contribution in [0.3, 0.4) is 0 Å². The number of thiophene rings is 1. The van der Waals surface area contributed by atoms with E-state index in [1.807, 2.05) is 67.6 Å². The van der Waals surface area contributed by atoms with Crippen molar-refractivity contribution in [2.24, 2.45) is 10.7 Å².